The van der Waals surface area contributed by atoms with E-state index in [1.165, 1.54) is 36.8 Å². The van der Waals surface area contributed by atoms with Crippen LogP contribution in [0, 0.1) is 0 Å². The Morgan fingerprint density at radius 3 is 2.30 bits per heavy atom. The Labute approximate surface area is 189 Å². The van der Waals surface area contributed by atoms with Gasteiger partial charge in [-0.25, -0.2) is 13.9 Å². The van der Waals surface area contributed by atoms with Crippen molar-refractivity contribution in [3.8, 4) is 19.5 Å². The van der Waals surface area contributed by atoms with Crippen LogP contribution in [0.1, 0.15) is 37.5 Å². The summed E-state index contributed by atoms with van der Waals surface area (Å²) in [6.45, 7) is 1.37. The maximum Gasteiger partial charge on any atom is 0.264 e. The predicted molar refractivity (Wildman–Crippen MR) is 126 cm³/mol. The molecule has 9 heteroatoms. The van der Waals surface area contributed by atoms with Crippen LogP contribution in [0.5, 0.6) is 0 Å². The minimum atomic E-state index is -3.62. The van der Waals surface area contributed by atoms with Crippen molar-refractivity contribution >= 4 is 49.8 Å². The zero-order chi connectivity index (χ0) is 21.8. The average Bonchev–Trinajstić information content (AvgIpc) is 3.46. The van der Waals surface area contributed by atoms with Gasteiger partial charge in [-0.1, -0.05) is 18.9 Å². The molecule has 0 fully saturated rings. The van der Waals surface area contributed by atoms with Crippen molar-refractivity contribution in [2.45, 2.75) is 43.8 Å². The first-order valence-corrected chi connectivity index (χ1v) is 14.0. The fraction of sp³-hybridized carbons (Fsp3) is 0.381. The van der Waals surface area contributed by atoms with Gasteiger partial charge in [-0.3, -0.25) is 10.0 Å². The van der Waals surface area contributed by atoms with Crippen LogP contribution < -0.4 is 5.48 Å². The normalized spacial score (nSPS) is 13.8. The van der Waals surface area contributed by atoms with Gasteiger partial charge in [0.2, 0.25) is 0 Å². The van der Waals surface area contributed by atoms with E-state index in [1.807, 2.05) is 0 Å². The molecule has 0 spiro atoms. The molecule has 0 aliphatic rings. The summed E-state index contributed by atoms with van der Waals surface area (Å²) in [5.41, 5.74) is 1.49. The first-order chi connectivity index (χ1) is 14.2. The third kappa shape index (κ3) is 5.20. The highest BCUT2D eigenvalue weighted by atomic mass is 32.2. The van der Waals surface area contributed by atoms with Crippen LogP contribution in [-0.2, 0) is 21.1 Å². The summed E-state index contributed by atoms with van der Waals surface area (Å²) in [5, 5.41) is 11.0. The molecule has 3 aromatic heterocycles. The lowest BCUT2D eigenvalue weighted by Gasteiger charge is -2.24. The van der Waals surface area contributed by atoms with E-state index in [0.29, 0.717) is 6.42 Å². The molecule has 0 radical (unpaired) electrons. The SMILES string of the molecule is CC(CCCCCc1ccc(-c2ccc(-c3cccs3)s2)s1)(C(=O)NO)S(C)(=O)=O. The molecule has 162 valence electrons. The Hall–Kier alpha value is -1.52. The number of thiophene rings is 3. The van der Waals surface area contributed by atoms with E-state index in [4.69, 9.17) is 5.21 Å². The quantitative estimate of drug-likeness (QED) is 0.223. The lowest BCUT2D eigenvalue weighted by atomic mass is 10.0. The number of unbranched alkanes of at least 4 members (excludes halogenated alkanes) is 2. The van der Waals surface area contributed by atoms with Crippen molar-refractivity contribution in [1.29, 1.82) is 0 Å². The van der Waals surface area contributed by atoms with Crippen LogP contribution in [0.2, 0.25) is 0 Å². The van der Waals surface area contributed by atoms with Crippen molar-refractivity contribution in [3.63, 3.8) is 0 Å². The first-order valence-electron chi connectivity index (χ1n) is 9.61. The number of hydroxylamine groups is 1. The largest absolute Gasteiger partial charge is 0.289 e. The lowest BCUT2D eigenvalue weighted by Crippen LogP contribution is -2.49. The smallest absolute Gasteiger partial charge is 0.264 e. The molecule has 0 aliphatic heterocycles. The maximum atomic E-state index is 12.0. The Morgan fingerprint density at radius 1 is 1.00 bits per heavy atom. The summed E-state index contributed by atoms with van der Waals surface area (Å²) >= 11 is 5.35. The van der Waals surface area contributed by atoms with Gasteiger partial charge >= 0.3 is 0 Å². The summed E-state index contributed by atoms with van der Waals surface area (Å²) in [6.07, 6.45) is 4.49. The Morgan fingerprint density at radius 2 is 1.67 bits per heavy atom. The number of rotatable bonds is 10. The number of carbonyl (C=O) groups excluding carboxylic acids is 1. The molecule has 2 N–H and O–H groups in total. The van der Waals surface area contributed by atoms with Gasteiger partial charge in [-0.15, -0.1) is 34.0 Å². The van der Waals surface area contributed by atoms with Crippen molar-refractivity contribution in [1.82, 2.24) is 5.48 Å². The maximum absolute atomic E-state index is 12.0. The zero-order valence-corrected chi connectivity index (χ0v) is 20.1. The molecule has 3 rings (SSSR count). The second kappa shape index (κ2) is 9.74. The molecule has 0 aromatic carbocycles. The van der Waals surface area contributed by atoms with E-state index in [9.17, 15) is 13.2 Å². The van der Waals surface area contributed by atoms with Gasteiger partial charge in [-0.2, -0.15) is 0 Å². The van der Waals surface area contributed by atoms with E-state index in [0.717, 1.165) is 25.5 Å². The van der Waals surface area contributed by atoms with E-state index in [2.05, 4.69) is 41.8 Å². The van der Waals surface area contributed by atoms with Gasteiger partial charge in [0, 0.05) is 30.6 Å². The van der Waals surface area contributed by atoms with Crippen LogP contribution in [0.4, 0.5) is 0 Å². The molecule has 1 unspecified atom stereocenters. The molecule has 30 heavy (non-hydrogen) atoms. The molecule has 0 saturated heterocycles. The molecule has 0 saturated carbocycles. The summed E-state index contributed by atoms with van der Waals surface area (Å²) in [6, 6.07) is 12.9. The summed E-state index contributed by atoms with van der Waals surface area (Å²) in [4.78, 5) is 18.3. The van der Waals surface area contributed by atoms with E-state index in [1.54, 1.807) is 34.0 Å². The molecule has 1 amide bonds. The highest BCUT2D eigenvalue weighted by molar-refractivity contribution is 7.92. The van der Waals surface area contributed by atoms with Gasteiger partial charge in [0.1, 0.15) is 4.75 Å². The number of hydrogen-bond acceptors (Lipinski definition) is 7. The monoisotopic (exact) mass is 483 g/mol. The van der Waals surface area contributed by atoms with Crippen LogP contribution in [0.3, 0.4) is 0 Å². The predicted octanol–water partition coefficient (Wildman–Crippen LogP) is 5.62. The molecular weight excluding hydrogens is 459 g/mol. The number of aryl methyl sites for hydroxylation is 1. The van der Waals surface area contributed by atoms with Gasteiger partial charge < -0.3 is 0 Å². The van der Waals surface area contributed by atoms with Gasteiger partial charge in [-0.05, 0) is 61.9 Å². The van der Waals surface area contributed by atoms with Crippen LogP contribution >= 0.6 is 34.0 Å². The fourth-order valence-electron chi connectivity index (χ4n) is 3.19. The molecular formula is C21H25NO4S4. The number of hydrogen-bond donors (Lipinski definition) is 2. The third-order valence-electron chi connectivity index (χ3n) is 5.25. The Kier molecular flexibility index (Phi) is 7.52. The first kappa shape index (κ1) is 23.1. The minimum Gasteiger partial charge on any atom is -0.289 e. The number of amides is 1. The summed E-state index contributed by atoms with van der Waals surface area (Å²) in [7, 11) is -3.62. The average molecular weight is 484 g/mol. The van der Waals surface area contributed by atoms with Crippen LogP contribution in [0.25, 0.3) is 19.5 Å². The fourth-order valence-corrected chi connectivity index (χ4v) is 7.07. The second-order valence-corrected chi connectivity index (χ2v) is 13.1. The summed E-state index contributed by atoms with van der Waals surface area (Å²) in [5.74, 6) is -0.870. The van der Waals surface area contributed by atoms with Gasteiger partial charge in [0.05, 0.1) is 0 Å². The molecule has 0 bridgehead atoms. The van der Waals surface area contributed by atoms with E-state index in [-0.39, 0.29) is 6.42 Å². The van der Waals surface area contributed by atoms with E-state index >= 15 is 0 Å². The van der Waals surface area contributed by atoms with Crippen molar-refractivity contribution in [3.05, 3.63) is 46.7 Å². The lowest BCUT2D eigenvalue weighted by molar-refractivity contribution is -0.131. The van der Waals surface area contributed by atoms with Crippen molar-refractivity contribution < 1.29 is 18.4 Å². The van der Waals surface area contributed by atoms with Gasteiger partial charge in [0.25, 0.3) is 5.91 Å². The number of carbonyl (C=O) groups is 1. The molecule has 3 aromatic rings. The van der Waals surface area contributed by atoms with Crippen LogP contribution in [-0.4, -0.2) is 30.5 Å². The number of nitrogens with one attached hydrogen (secondary N) is 1. The minimum absolute atomic E-state index is 0.189. The summed E-state index contributed by atoms with van der Waals surface area (Å²) < 4.78 is 22.4. The van der Waals surface area contributed by atoms with Gasteiger partial charge in [0.15, 0.2) is 9.84 Å². The molecule has 5 nitrogen and oxygen atoms in total. The number of sulfone groups is 1. The zero-order valence-electron chi connectivity index (χ0n) is 16.9. The Balaban J connectivity index is 1.51. The van der Waals surface area contributed by atoms with Crippen LogP contribution in [0.15, 0.2) is 41.8 Å². The standard InChI is InChI=1S/C21H25NO4S4/c1-21(20(23)22-24,30(2,25)26)13-5-3-4-7-15-9-10-18(28-15)19-12-11-17(29-19)16-8-6-14-27-16/h6,8-12,14,24H,3-5,7,13H2,1-2H3,(H,22,23). The highest BCUT2D eigenvalue weighted by Gasteiger charge is 2.42. The topological polar surface area (TPSA) is 83.5 Å². The van der Waals surface area contributed by atoms with E-state index < -0.39 is 20.5 Å². The highest BCUT2D eigenvalue weighted by Crippen LogP contribution is 2.39. The second-order valence-electron chi connectivity index (χ2n) is 7.41. The Bertz CT molecular complexity index is 1080. The van der Waals surface area contributed by atoms with Crippen molar-refractivity contribution in [2.75, 3.05) is 6.26 Å². The third-order valence-corrected chi connectivity index (χ3v) is 10.8. The van der Waals surface area contributed by atoms with Crippen molar-refractivity contribution in [2.24, 2.45) is 0 Å². The molecule has 1 atom stereocenters. The molecule has 0 aliphatic carbocycles. The molecule has 3 heterocycles.